The van der Waals surface area contributed by atoms with E-state index in [4.69, 9.17) is 19.2 Å². The minimum atomic E-state index is 0.537. The van der Waals surface area contributed by atoms with E-state index in [-0.39, 0.29) is 0 Å². The highest BCUT2D eigenvalue weighted by atomic mass is 16.5. The van der Waals surface area contributed by atoms with Crippen LogP contribution in [0.4, 0.5) is 0 Å². The zero-order valence-corrected chi connectivity index (χ0v) is 14.1. The maximum atomic E-state index is 5.42. The topological polar surface area (TPSA) is 71.3 Å². The molecule has 4 aromatic rings. The molecule has 7 heteroatoms. The molecular formula is C18H16N4O3. The molecule has 4 rings (SSSR count). The lowest BCUT2D eigenvalue weighted by molar-refractivity contribution is 0.324. The molecule has 0 N–H and O–H groups in total. The zero-order valence-electron chi connectivity index (χ0n) is 14.1. The fourth-order valence-electron chi connectivity index (χ4n) is 2.79. The Bertz CT molecular complexity index is 1050. The summed E-state index contributed by atoms with van der Waals surface area (Å²) in [6, 6.07) is 11.4. The van der Waals surface area contributed by atoms with E-state index in [1.165, 1.54) is 0 Å². The lowest BCUT2D eigenvalue weighted by atomic mass is 10.2. The van der Waals surface area contributed by atoms with Crippen molar-refractivity contribution in [2.45, 2.75) is 0 Å². The van der Waals surface area contributed by atoms with Crippen LogP contribution in [-0.4, -0.2) is 40.8 Å². The van der Waals surface area contributed by atoms with Crippen molar-refractivity contribution >= 4 is 22.3 Å². The van der Waals surface area contributed by atoms with Gasteiger partial charge >= 0.3 is 0 Å². The molecule has 0 radical (unpaired) electrons. The third-order valence-electron chi connectivity index (χ3n) is 3.99. The van der Waals surface area contributed by atoms with Crippen LogP contribution in [0.5, 0.6) is 17.2 Å². The van der Waals surface area contributed by atoms with Crippen molar-refractivity contribution in [2.75, 3.05) is 21.3 Å². The lowest BCUT2D eigenvalue weighted by Gasteiger charge is -2.14. The molecule has 0 aliphatic carbocycles. The highest BCUT2D eigenvalue weighted by Gasteiger charge is 2.16. The molecule has 25 heavy (non-hydrogen) atoms. The lowest BCUT2D eigenvalue weighted by Crippen LogP contribution is -2.00. The van der Waals surface area contributed by atoms with Crippen molar-refractivity contribution < 1.29 is 14.2 Å². The number of hydrogen-bond donors (Lipinski definition) is 0. The van der Waals surface area contributed by atoms with E-state index in [1.807, 2.05) is 41.0 Å². The minimum Gasteiger partial charge on any atom is -0.493 e. The van der Waals surface area contributed by atoms with Gasteiger partial charge in [-0.2, -0.15) is 0 Å². The average Bonchev–Trinajstić information content (AvgIpc) is 3.07. The molecule has 126 valence electrons. The number of methoxy groups -OCH3 is 3. The first-order chi connectivity index (χ1) is 12.2. The second kappa shape index (κ2) is 5.94. The van der Waals surface area contributed by atoms with E-state index >= 15 is 0 Å². The Balaban J connectivity index is 1.96. The summed E-state index contributed by atoms with van der Waals surface area (Å²) in [5.41, 5.74) is 3.65. The largest absolute Gasteiger partial charge is 0.493 e. The highest BCUT2D eigenvalue weighted by Crippen LogP contribution is 2.39. The number of rotatable bonds is 4. The van der Waals surface area contributed by atoms with Gasteiger partial charge in [0, 0.05) is 12.1 Å². The van der Waals surface area contributed by atoms with Gasteiger partial charge in [-0.05, 0) is 12.1 Å². The molecule has 0 amide bonds. The first-order valence-corrected chi connectivity index (χ1v) is 7.65. The normalized spacial score (nSPS) is 11.0. The maximum Gasteiger partial charge on any atom is 0.203 e. The highest BCUT2D eigenvalue weighted by molar-refractivity contribution is 5.83. The number of imidazole rings is 1. The SMILES string of the molecule is COc1cc(-n2cnc3nc4ccccc4nc32)cc(OC)c1OC. The molecule has 0 unspecified atom stereocenters. The van der Waals surface area contributed by atoms with Crippen LogP contribution in [0.1, 0.15) is 0 Å². The van der Waals surface area contributed by atoms with Crippen molar-refractivity contribution in [3.05, 3.63) is 42.7 Å². The van der Waals surface area contributed by atoms with Crippen LogP contribution in [0.2, 0.25) is 0 Å². The molecule has 0 aliphatic rings. The van der Waals surface area contributed by atoms with Crippen LogP contribution in [-0.2, 0) is 0 Å². The summed E-state index contributed by atoms with van der Waals surface area (Å²) < 4.78 is 18.1. The average molecular weight is 336 g/mol. The summed E-state index contributed by atoms with van der Waals surface area (Å²) in [5, 5.41) is 0. The summed E-state index contributed by atoms with van der Waals surface area (Å²) >= 11 is 0. The molecule has 2 aromatic heterocycles. The van der Waals surface area contributed by atoms with Gasteiger partial charge in [0.2, 0.25) is 5.75 Å². The van der Waals surface area contributed by atoms with Gasteiger partial charge in [-0.3, -0.25) is 4.57 Å². The smallest absolute Gasteiger partial charge is 0.203 e. The Morgan fingerprint density at radius 3 is 2.08 bits per heavy atom. The quantitative estimate of drug-likeness (QED) is 0.570. The molecule has 0 saturated heterocycles. The molecule has 0 aliphatic heterocycles. The second-order valence-electron chi connectivity index (χ2n) is 5.36. The summed E-state index contributed by atoms with van der Waals surface area (Å²) in [4.78, 5) is 13.6. The Hall–Kier alpha value is -3.35. The molecule has 0 saturated carbocycles. The molecule has 2 heterocycles. The molecule has 0 atom stereocenters. The van der Waals surface area contributed by atoms with Crippen LogP contribution in [0.25, 0.3) is 28.0 Å². The van der Waals surface area contributed by atoms with Crippen LogP contribution in [0.15, 0.2) is 42.7 Å². The van der Waals surface area contributed by atoms with Crippen LogP contribution >= 0.6 is 0 Å². The van der Waals surface area contributed by atoms with Gasteiger partial charge in [0.15, 0.2) is 22.8 Å². The summed E-state index contributed by atoms with van der Waals surface area (Å²) in [6.07, 6.45) is 1.68. The van der Waals surface area contributed by atoms with E-state index in [0.717, 1.165) is 16.7 Å². The molecular weight excluding hydrogens is 320 g/mol. The van der Waals surface area contributed by atoms with Gasteiger partial charge in [-0.1, -0.05) is 12.1 Å². The fourth-order valence-corrected chi connectivity index (χ4v) is 2.79. The van der Waals surface area contributed by atoms with Gasteiger partial charge in [0.05, 0.1) is 38.1 Å². The Morgan fingerprint density at radius 2 is 1.48 bits per heavy atom. The van der Waals surface area contributed by atoms with Crippen molar-refractivity contribution in [3.63, 3.8) is 0 Å². The third-order valence-corrected chi connectivity index (χ3v) is 3.99. The first kappa shape index (κ1) is 15.2. The van der Waals surface area contributed by atoms with E-state index in [0.29, 0.717) is 28.5 Å². The summed E-state index contributed by atoms with van der Waals surface area (Å²) in [7, 11) is 4.74. The molecule has 7 nitrogen and oxygen atoms in total. The number of benzene rings is 2. The number of para-hydroxylation sites is 2. The Labute approximate surface area is 143 Å². The van der Waals surface area contributed by atoms with Gasteiger partial charge < -0.3 is 14.2 Å². The zero-order chi connectivity index (χ0) is 17.4. The number of aromatic nitrogens is 4. The van der Waals surface area contributed by atoms with Crippen molar-refractivity contribution in [3.8, 4) is 22.9 Å². The van der Waals surface area contributed by atoms with E-state index in [9.17, 15) is 0 Å². The molecule has 2 aromatic carbocycles. The number of hydrogen-bond acceptors (Lipinski definition) is 6. The summed E-state index contributed by atoms with van der Waals surface area (Å²) in [6.45, 7) is 0. The van der Waals surface area contributed by atoms with Crippen molar-refractivity contribution in [1.29, 1.82) is 0 Å². The number of ether oxygens (including phenoxy) is 3. The van der Waals surface area contributed by atoms with Gasteiger partial charge in [-0.15, -0.1) is 0 Å². The monoisotopic (exact) mass is 336 g/mol. The number of fused-ring (bicyclic) bond motifs is 2. The van der Waals surface area contributed by atoms with E-state index in [2.05, 4.69) is 9.97 Å². The van der Waals surface area contributed by atoms with Gasteiger partial charge in [0.25, 0.3) is 0 Å². The van der Waals surface area contributed by atoms with Crippen molar-refractivity contribution in [1.82, 2.24) is 19.5 Å². The fraction of sp³-hybridized carbons (Fsp3) is 0.167. The minimum absolute atomic E-state index is 0.537. The number of nitrogens with zero attached hydrogens (tertiary/aromatic N) is 4. The third kappa shape index (κ3) is 2.40. The maximum absolute atomic E-state index is 5.42. The predicted octanol–water partition coefficient (Wildman–Crippen LogP) is 2.99. The van der Waals surface area contributed by atoms with Crippen LogP contribution in [0, 0.1) is 0 Å². The van der Waals surface area contributed by atoms with Gasteiger partial charge in [0.1, 0.15) is 6.33 Å². The Morgan fingerprint density at radius 1 is 0.840 bits per heavy atom. The summed E-state index contributed by atoms with van der Waals surface area (Å²) in [5.74, 6) is 1.66. The van der Waals surface area contributed by atoms with Gasteiger partial charge in [-0.25, -0.2) is 15.0 Å². The standard InChI is InChI=1S/C18H16N4O3/c1-23-14-8-11(9-15(24-2)16(14)25-3)22-10-19-17-18(22)21-13-7-5-4-6-12(13)20-17/h4-10H,1-3H3. The van der Waals surface area contributed by atoms with Crippen LogP contribution in [0.3, 0.4) is 0 Å². The molecule has 0 fully saturated rings. The van der Waals surface area contributed by atoms with Crippen LogP contribution < -0.4 is 14.2 Å². The Kier molecular flexibility index (Phi) is 3.61. The predicted molar refractivity (Wildman–Crippen MR) is 93.8 cm³/mol. The first-order valence-electron chi connectivity index (χ1n) is 7.65. The molecule has 0 spiro atoms. The van der Waals surface area contributed by atoms with E-state index < -0.39 is 0 Å². The van der Waals surface area contributed by atoms with E-state index in [1.54, 1.807) is 27.7 Å². The second-order valence-corrected chi connectivity index (χ2v) is 5.36. The van der Waals surface area contributed by atoms with Crippen molar-refractivity contribution in [2.24, 2.45) is 0 Å². The molecule has 0 bridgehead atoms.